The lowest BCUT2D eigenvalue weighted by Gasteiger charge is -2.21. The van der Waals surface area contributed by atoms with E-state index in [0.29, 0.717) is 13.0 Å². The van der Waals surface area contributed by atoms with Crippen molar-refractivity contribution in [2.24, 2.45) is 11.8 Å². The second-order valence-corrected chi connectivity index (χ2v) is 6.73. The van der Waals surface area contributed by atoms with Gasteiger partial charge in [0.15, 0.2) is 0 Å². The number of benzene rings is 2. The van der Waals surface area contributed by atoms with Crippen LogP contribution in [0.25, 0.3) is 0 Å². The van der Waals surface area contributed by atoms with E-state index in [2.05, 4.69) is 5.32 Å². The van der Waals surface area contributed by atoms with Gasteiger partial charge in [0.25, 0.3) is 0 Å². The number of amides is 2. The minimum Gasteiger partial charge on any atom is -0.326 e. The summed E-state index contributed by atoms with van der Waals surface area (Å²) in [6.07, 6.45) is 0.624. The van der Waals surface area contributed by atoms with E-state index < -0.39 is 0 Å². The van der Waals surface area contributed by atoms with Crippen LogP contribution in [-0.2, 0) is 9.59 Å². The largest absolute Gasteiger partial charge is 0.326 e. The monoisotopic (exact) mass is 336 g/mol. The van der Waals surface area contributed by atoms with E-state index in [9.17, 15) is 9.59 Å². The zero-order valence-electron chi connectivity index (χ0n) is 15.0. The number of hydrogen-bond donors (Lipinski definition) is 1. The first kappa shape index (κ1) is 17.2. The summed E-state index contributed by atoms with van der Waals surface area (Å²) in [5.41, 5.74) is 3.90. The predicted molar refractivity (Wildman–Crippen MR) is 101 cm³/mol. The molecule has 0 bridgehead atoms. The molecule has 1 fully saturated rings. The van der Waals surface area contributed by atoms with Crippen molar-refractivity contribution in [2.75, 3.05) is 16.8 Å². The van der Waals surface area contributed by atoms with E-state index in [1.165, 1.54) is 0 Å². The minimum absolute atomic E-state index is 0.0393. The maximum atomic E-state index is 12.8. The fraction of sp³-hybridized carbons (Fsp3) is 0.333. The molecule has 1 aliphatic carbocycles. The molecule has 4 nitrogen and oxygen atoms in total. The minimum atomic E-state index is -0.230. The van der Waals surface area contributed by atoms with Gasteiger partial charge in [0.05, 0.1) is 11.8 Å². The summed E-state index contributed by atoms with van der Waals surface area (Å²) in [6, 6.07) is 15.6. The Morgan fingerprint density at radius 3 is 2.36 bits per heavy atom. The van der Waals surface area contributed by atoms with Gasteiger partial charge in [-0.25, -0.2) is 0 Å². The molecule has 0 heterocycles. The second kappa shape index (κ2) is 7.09. The van der Waals surface area contributed by atoms with Crippen molar-refractivity contribution in [3.8, 4) is 0 Å². The van der Waals surface area contributed by atoms with E-state index >= 15 is 0 Å². The smallest absolute Gasteiger partial charge is 0.230 e. The molecule has 1 aliphatic rings. The van der Waals surface area contributed by atoms with Gasteiger partial charge < -0.3 is 10.2 Å². The number of rotatable bonds is 5. The SMILES string of the molecule is CCN(C(=O)C1CC1C(=O)Nc1cccc(C)c1)c1cccc(C)c1. The molecule has 0 radical (unpaired) electrons. The van der Waals surface area contributed by atoms with Gasteiger partial charge in [0, 0.05) is 17.9 Å². The van der Waals surface area contributed by atoms with E-state index in [1.807, 2.05) is 69.3 Å². The van der Waals surface area contributed by atoms with Crippen LogP contribution >= 0.6 is 0 Å². The molecular formula is C21H24N2O2. The molecule has 1 N–H and O–H groups in total. The lowest BCUT2D eigenvalue weighted by Crippen LogP contribution is -2.33. The molecule has 2 aromatic rings. The molecule has 2 aromatic carbocycles. The molecule has 4 heteroatoms. The average molecular weight is 336 g/mol. The first-order chi connectivity index (χ1) is 12.0. The fourth-order valence-electron chi connectivity index (χ4n) is 3.18. The number of aryl methyl sites for hydroxylation is 2. The zero-order chi connectivity index (χ0) is 18.0. The van der Waals surface area contributed by atoms with Crippen LogP contribution in [-0.4, -0.2) is 18.4 Å². The third-order valence-corrected chi connectivity index (χ3v) is 4.63. The summed E-state index contributed by atoms with van der Waals surface area (Å²) in [7, 11) is 0. The molecule has 2 atom stereocenters. The lowest BCUT2D eigenvalue weighted by atomic mass is 10.2. The van der Waals surface area contributed by atoms with E-state index in [4.69, 9.17) is 0 Å². The first-order valence-corrected chi connectivity index (χ1v) is 8.75. The summed E-state index contributed by atoms with van der Waals surface area (Å²) in [4.78, 5) is 27.0. The Morgan fingerprint density at radius 1 is 1.04 bits per heavy atom. The molecule has 3 rings (SSSR count). The Kier molecular flexibility index (Phi) is 4.88. The van der Waals surface area contributed by atoms with Crippen LogP contribution in [0.1, 0.15) is 24.5 Å². The number of anilines is 2. The number of hydrogen-bond acceptors (Lipinski definition) is 2. The van der Waals surface area contributed by atoms with Gasteiger partial charge in [-0.3, -0.25) is 9.59 Å². The second-order valence-electron chi connectivity index (χ2n) is 6.73. The van der Waals surface area contributed by atoms with Crippen molar-refractivity contribution >= 4 is 23.2 Å². The molecule has 1 saturated carbocycles. The summed E-state index contributed by atoms with van der Waals surface area (Å²) in [6.45, 7) is 6.56. The Bertz CT molecular complexity index is 800. The first-order valence-electron chi connectivity index (χ1n) is 8.75. The highest BCUT2D eigenvalue weighted by Gasteiger charge is 2.49. The Hall–Kier alpha value is -2.62. The van der Waals surface area contributed by atoms with Gasteiger partial charge in [0.2, 0.25) is 11.8 Å². The highest BCUT2D eigenvalue weighted by molar-refractivity contribution is 6.04. The molecule has 2 unspecified atom stereocenters. The van der Waals surface area contributed by atoms with Crippen molar-refractivity contribution < 1.29 is 9.59 Å². The highest BCUT2D eigenvalue weighted by Crippen LogP contribution is 2.41. The fourth-order valence-corrected chi connectivity index (χ4v) is 3.18. The molecule has 25 heavy (non-hydrogen) atoms. The van der Waals surface area contributed by atoms with Crippen molar-refractivity contribution in [2.45, 2.75) is 27.2 Å². The topological polar surface area (TPSA) is 49.4 Å². The van der Waals surface area contributed by atoms with Gasteiger partial charge in [-0.15, -0.1) is 0 Å². The van der Waals surface area contributed by atoms with Gasteiger partial charge in [-0.1, -0.05) is 24.3 Å². The Balaban J connectivity index is 1.65. The van der Waals surface area contributed by atoms with Gasteiger partial charge >= 0.3 is 0 Å². The lowest BCUT2D eigenvalue weighted by molar-refractivity contribution is -0.123. The third-order valence-electron chi connectivity index (χ3n) is 4.63. The molecule has 0 aromatic heterocycles. The molecule has 2 amide bonds. The van der Waals surface area contributed by atoms with Crippen LogP contribution in [0.15, 0.2) is 48.5 Å². The number of nitrogens with zero attached hydrogens (tertiary/aromatic N) is 1. The van der Waals surface area contributed by atoms with Crippen molar-refractivity contribution in [1.29, 1.82) is 0 Å². The van der Waals surface area contributed by atoms with Crippen LogP contribution in [0.4, 0.5) is 11.4 Å². The maximum absolute atomic E-state index is 12.8. The summed E-state index contributed by atoms with van der Waals surface area (Å²) < 4.78 is 0. The zero-order valence-corrected chi connectivity index (χ0v) is 15.0. The molecule has 0 spiro atoms. The van der Waals surface area contributed by atoms with E-state index in [0.717, 1.165) is 22.5 Å². The standard InChI is InChI=1S/C21H24N2O2/c1-4-23(17-10-6-8-15(3)12-17)21(25)19-13-18(19)20(24)22-16-9-5-7-14(2)11-16/h5-12,18-19H,4,13H2,1-3H3,(H,22,24). The number of nitrogens with one attached hydrogen (secondary N) is 1. The van der Waals surface area contributed by atoms with Crippen molar-refractivity contribution in [3.63, 3.8) is 0 Å². The normalized spacial score (nSPS) is 18.5. The van der Waals surface area contributed by atoms with Crippen molar-refractivity contribution in [3.05, 3.63) is 59.7 Å². The van der Waals surface area contributed by atoms with Crippen molar-refractivity contribution in [1.82, 2.24) is 0 Å². The Labute approximate surface area is 148 Å². The van der Waals surface area contributed by atoms with Crippen LogP contribution in [0.2, 0.25) is 0 Å². The van der Waals surface area contributed by atoms with Crippen LogP contribution in [0.3, 0.4) is 0 Å². The summed E-state index contributed by atoms with van der Waals surface area (Å²) in [5, 5.41) is 2.93. The molecular weight excluding hydrogens is 312 g/mol. The average Bonchev–Trinajstić information content (AvgIpc) is 3.36. The maximum Gasteiger partial charge on any atom is 0.230 e. The van der Waals surface area contributed by atoms with Gasteiger partial charge in [-0.05, 0) is 62.6 Å². The van der Waals surface area contributed by atoms with E-state index in [-0.39, 0.29) is 23.7 Å². The molecule has 130 valence electrons. The quantitative estimate of drug-likeness (QED) is 0.899. The Morgan fingerprint density at radius 2 is 1.72 bits per heavy atom. The highest BCUT2D eigenvalue weighted by atomic mass is 16.2. The predicted octanol–water partition coefficient (Wildman–Crippen LogP) is 3.93. The van der Waals surface area contributed by atoms with Crippen LogP contribution in [0.5, 0.6) is 0 Å². The van der Waals surface area contributed by atoms with Crippen LogP contribution in [0, 0.1) is 25.7 Å². The van der Waals surface area contributed by atoms with Gasteiger partial charge in [0.1, 0.15) is 0 Å². The number of carbonyl (C=O) groups is 2. The molecule has 0 aliphatic heterocycles. The van der Waals surface area contributed by atoms with E-state index in [1.54, 1.807) is 4.90 Å². The van der Waals surface area contributed by atoms with Crippen LogP contribution < -0.4 is 10.2 Å². The number of carbonyl (C=O) groups excluding carboxylic acids is 2. The molecule has 0 saturated heterocycles. The summed E-state index contributed by atoms with van der Waals surface area (Å²) in [5.74, 6) is -0.473. The van der Waals surface area contributed by atoms with Gasteiger partial charge in [-0.2, -0.15) is 0 Å². The summed E-state index contributed by atoms with van der Waals surface area (Å²) >= 11 is 0. The third kappa shape index (κ3) is 3.90.